The maximum Gasteiger partial charge on any atom is 0.317 e. The molecule has 2 N–H and O–H groups in total. The number of urea groups is 1. The van der Waals surface area contributed by atoms with Crippen LogP contribution in [0.5, 0.6) is 0 Å². The molecule has 0 bridgehead atoms. The fraction of sp³-hybridized carbons (Fsp3) is 0.750. The molecule has 2 unspecified atom stereocenters. The van der Waals surface area contributed by atoms with E-state index in [2.05, 4.69) is 33.9 Å². The standard InChI is InChI=1S/C16H25N5O3/c1-10(2)14-19-18-13-6-5-12(9-21(13)14)17-16(24)20-7-3-4-11(8-20)15(22)23/h10-12H,3-9H2,1-2H3,(H,17,24)(H,22,23). The first kappa shape index (κ1) is 16.7. The number of aliphatic carboxylic acids is 1. The fourth-order valence-electron chi connectivity index (χ4n) is 3.52. The second-order valence-corrected chi connectivity index (χ2v) is 7.05. The van der Waals surface area contributed by atoms with Crippen LogP contribution in [0.4, 0.5) is 4.79 Å². The maximum atomic E-state index is 12.5. The summed E-state index contributed by atoms with van der Waals surface area (Å²) in [6, 6.07) is -0.128. The Hall–Kier alpha value is -2.12. The van der Waals surface area contributed by atoms with Crippen LogP contribution in [0.3, 0.4) is 0 Å². The summed E-state index contributed by atoms with van der Waals surface area (Å²) in [5.74, 6) is 0.953. The third kappa shape index (κ3) is 3.37. The molecule has 1 aromatic rings. The van der Waals surface area contributed by atoms with Crippen LogP contribution in [0.15, 0.2) is 0 Å². The Kier molecular flexibility index (Phi) is 4.73. The van der Waals surface area contributed by atoms with Gasteiger partial charge in [-0.1, -0.05) is 13.8 Å². The van der Waals surface area contributed by atoms with Gasteiger partial charge in [-0.25, -0.2) is 4.79 Å². The number of likely N-dealkylation sites (tertiary alicyclic amines) is 1. The number of piperidine rings is 1. The molecule has 0 spiro atoms. The third-order valence-electron chi connectivity index (χ3n) is 4.88. The van der Waals surface area contributed by atoms with Crippen LogP contribution in [-0.2, 0) is 17.8 Å². The first-order valence-corrected chi connectivity index (χ1v) is 8.66. The van der Waals surface area contributed by atoms with Crippen molar-refractivity contribution in [1.29, 1.82) is 0 Å². The zero-order chi connectivity index (χ0) is 17.3. The minimum atomic E-state index is -0.819. The lowest BCUT2D eigenvalue weighted by Gasteiger charge is -2.33. The van der Waals surface area contributed by atoms with E-state index in [-0.39, 0.29) is 12.1 Å². The van der Waals surface area contributed by atoms with Gasteiger partial charge in [-0.2, -0.15) is 0 Å². The Labute approximate surface area is 141 Å². The number of hydrogen-bond acceptors (Lipinski definition) is 4. The molecule has 2 aliphatic rings. The largest absolute Gasteiger partial charge is 0.481 e. The number of carboxylic acids is 1. The van der Waals surface area contributed by atoms with Crippen LogP contribution in [0, 0.1) is 5.92 Å². The first-order chi connectivity index (χ1) is 11.5. The fourth-order valence-corrected chi connectivity index (χ4v) is 3.52. The van der Waals surface area contributed by atoms with Crippen molar-refractivity contribution >= 4 is 12.0 Å². The van der Waals surface area contributed by atoms with Crippen LogP contribution >= 0.6 is 0 Å². The topological polar surface area (TPSA) is 100 Å². The van der Waals surface area contributed by atoms with Crippen LogP contribution in [0.1, 0.15) is 50.7 Å². The van der Waals surface area contributed by atoms with Gasteiger partial charge in [-0.3, -0.25) is 4.79 Å². The normalized spacial score (nSPS) is 23.9. The summed E-state index contributed by atoms with van der Waals surface area (Å²) in [6.45, 7) is 5.76. The first-order valence-electron chi connectivity index (χ1n) is 8.66. The summed E-state index contributed by atoms with van der Waals surface area (Å²) in [6.07, 6.45) is 3.01. The summed E-state index contributed by atoms with van der Waals surface area (Å²) < 4.78 is 2.11. The summed E-state index contributed by atoms with van der Waals surface area (Å²) in [7, 11) is 0. The van der Waals surface area contributed by atoms with Crippen molar-refractivity contribution in [2.45, 2.75) is 58.0 Å². The predicted molar refractivity (Wildman–Crippen MR) is 86.7 cm³/mol. The zero-order valence-electron chi connectivity index (χ0n) is 14.2. The highest BCUT2D eigenvalue weighted by Gasteiger charge is 2.30. The van der Waals surface area contributed by atoms with Gasteiger partial charge in [0.1, 0.15) is 11.6 Å². The van der Waals surface area contributed by atoms with E-state index in [1.807, 2.05) is 0 Å². The molecule has 0 saturated carbocycles. The quantitative estimate of drug-likeness (QED) is 0.865. The Morgan fingerprint density at radius 1 is 1.25 bits per heavy atom. The van der Waals surface area contributed by atoms with E-state index in [1.54, 1.807) is 4.90 Å². The van der Waals surface area contributed by atoms with Gasteiger partial charge in [0, 0.05) is 38.0 Å². The number of fused-ring (bicyclic) bond motifs is 1. The van der Waals surface area contributed by atoms with Crippen molar-refractivity contribution in [3.8, 4) is 0 Å². The molecule has 24 heavy (non-hydrogen) atoms. The van der Waals surface area contributed by atoms with Crippen LogP contribution < -0.4 is 5.32 Å². The molecule has 132 valence electrons. The van der Waals surface area contributed by atoms with E-state index in [4.69, 9.17) is 5.11 Å². The third-order valence-corrected chi connectivity index (χ3v) is 4.88. The number of carbonyl (C=O) groups is 2. The summed E-state index contributed by atoms with van der Waals surface area (Å²) in [5.41, 5.74) is 0. The molecule has 0 aromatic carbocycles. The summed E-state index contributed by atoms with van der Waals surface area (Å²) >= 11 is 0. The number of aromatic nitrogens is 3. The Morgan fingerprint density at radius 3 is 2.75 bits per heavy atom. The average molecular weight is 335 g/mol. The van der Waals surface area contributed by atoms with Gasteiger partial charge in [-0.05, 0) is 19.3 Å². The minimum absolute atomic E-state index is 0.0312. The second-order valence-electron chi connectivity index (χ2n) is 7.05. The molecule has 1 saturated heterocycles. The number of rotatable bonds is 3. The van der Waals surface area contributed by atoms with Gasteiger partial charge in [0.05, 0.1) is 5.92 Å². The smallest absolute Gasteiger partial charge is 0.317 e. The van der Waals surface area contributed by atoms with Crippen molar-refractivity contribution in [1.82, 2.24) is 25.0 Å². The zero-order valence-corrected chi connectivity index (χ0v) is 14.2. The number of carbonyl (C=O) groups excluding carboxylic acids is 1. The van der Waals surface area contributed by atoms with Gasteiger partial charge in [0.2, 0.25) is 0 Å². The number of amides is 2. The highest BCUT2D eigenvalue weighted by atomic mass is 16.4. The monoisotopic (exact) mass is 335 g/mol. The van der Waals surface area contributed by atoms with Crippen molar-refractivity contribution < 1.29 is 14.7 Å². The molecule has 1 aromatic heterocycles. The van der Waals surface area contributed by atoms with Crippen molar-refractivity contribution in [3.63, 3.8) is 0 Å². The molecular weight excluding hydrogens is 310 g/mol. The SMILES string of the molecule is CC(C)c1nnc2n1CC(NC(=O)N1CCCC(C(=O)O)C1)CC2. The molecular formula is C16H25N5O3. The van der Waals surface area contributed by atoms with E-state index in [1.165, 1.54) is 0 Å². The predicted octanol–water partition coefficient (Wildman–Crippen LogP) is 1.22. The number of carboxylic acid groups (broad SMARTS) is 1. The van der Waals surface area contributed by atoms with Crippen LogP contribution in [-0.4, -0.2) is 55.9 Å². The molecule has 2 amide bonds. The van der Waals surface area contributed by atoms with E-state index in [0.717, 1.165) is 30.9 Å². The van der Waals surface area contributed by atoms with Gasteiger partial charge in [0.15, 0.2) is 0 Å². The lowest BCUT2D eigenvalue weighted by Crippen LogP contribution is -2.51. The van der Waals surface area contributed by atoms with Crippen molar-refractivity contribution in [3.05, 3.63) is 11.6 Å². The van der Waals surface area contributed by atoms with Crippen molar-refractivity contribution in [2.75, 3.05) is 13.1 Å². The number of hydrogen-bond donors (Lipinski definition) is 2. The van der Waals surface area contributed by atoms with E-state index in [0.29, 0.717) is 32.0 Å². The summed E-state index contributed by atoms with van der Waals surface area (Å²) in [4.78, 5) is 25.3. The van der Waals surface area contributed by atoms with Gasteiger partial charge < -0.3 is 19.9 Å². The van der Waals surface area contributed by atoms with Gasteiger partial charge in [-0.15, -0.1) is 10.2 Å². The number of nitrogens with one attached hydrogen (secondary N) is 1. The highest BCUT2D eigenvalue weighted by molar-refractivity contribution is 5.76. The Morgan fingerprint density at radius 2 is 2.04 bits per heavy atom. The maximum absolute atomic E-state index is 12.5. The van der Waals surface area contributed by atoms with Crippen LogP contribution in [0.2, 0.25) is 0 Å². The van der Waals surface area contributed by atoms with E-state index < -0.39 is 11.9 Å². The lowest BCUT2D eigenvalue weighted by molar-refractivity contribution is -0.143. The number of aryl methyl sites for hydroxylation is 1. The number of nitrogens with zero attached hydrogens (tertiary/aromatic N) is 4. The lowest BCUT2D eigenvalue weighted by atomic mass is 9.98. The van der Waals surface area contributed by atoms with Crippen LogP contribution in [0.25, 0.3) is 0 Å². The summed E-state index contributed by atoms with van der Waals surface area (Å²) in [5, 5.41) is 20.7. The minimum Gasteiger partial charge on any atom is -0.481 e. The van der Waals surface area contributed by atoms with Crippen molar-refractivity contribution in [2.24, 2.45) is 5.92 Å². The Balaban J connectivity index is 1.61. The second kappa shape index (κ2) is 6.78. The molecule has 8 heteroatoms. The molecule has 8 nitrogen and oxygen atoms in total. The average Bonchev–Trinajstić information content (AvgIpc) is 2.98. The van der Waals surface area contributed by atoms with Gasteiger partial charge >= 0.3 is 12.0 Å². The van der Waals surface area contributed by atoms with E-state index in [9.17, 15) is 9.59 Å². The molecule has 0 radical (unpaired) electrons. The van der Waals surface area contributed by atoms with E-state index >= 15 is 0 Å². The molecule has 0 aliphatic carbocycles. The highest BCUT2D eigenvalue weighted by Crippen LogP contribution is 2.21. The molecule has 2 aliphatic heterocycles. The molecule has 3 heterocycles. The molecule has 2 atom stereocenters. The Bertz CT molecular complexity index is 627. The van der Waals surface area contributed by atoms with Gasteiger partial charge in [0.25, 0.3) is 0 Å². The molecule has 1 fully saturated rings. The molecule has 3 rings (SSSR count).